The molecule has 0 heterocycles. The van der Waals surface area contributed by atoms with Crippen LogP contribution >= 0.6 is 23.2 Å². The van der Waals surface area contributed by atoms with Crippen LogP contribution in [0.3, 0.4) is 0 Å². The Morgan fingerprint density at radius 3 is 2.52 bits per heavy atom. The van der Waals surface area contributed by atoms with Crippen LogP contribution in [-0.4, -0.2) is 49.1 Å². The summed E-state index contributed by atoms with van der Waals surface area (Å²) in [7, 11) is 1.30. The van der Waals surface area contributed by atoms with Crippen molar-refractivity contribution in [3.05, 3.63) is 23.8 Å². The largest absolute Gasteiger partial charge is 0.506 e. The highest BCUT2D eigenvalue weighted by Gasteiger charge is 2.16. The summed E-state index contributed by atoms with van der Waals surface area (Å²) in [5, 5.41) is 10.00. The number of benzene rings is 1. The van der Waals surface area contributed by atoms with Gasteiger partial charge in [0.15, 0.2) is 0 Å². The van der Waals surface area contributed by atoms with Crippen molar-refractivity contribution in [3.63, 3.8) is 0 Å². The van der Waals surface area contributed by atoms with Crippen LogP contribution in [0.25, 0.3) is 0 Å². The molecule has 0 radical (unpaired) electrons. The number of carbonyl (C=O) groups is 1. The van der Waals surface area contributed by atoms with Gasteiger partial charge in [0, 0.05) is 24.8 Å². The molecule has 0 amide bonds. The number of aromatic hydroxyl groups is 1. The van der Waals surface area contributed by atoms with Crippen LogP contribution in [0.2, 0.25) is 0 Å². The lowest BCUT2D eigenvalue weighted by Gasteiger charge is -2.24. The summed E-state index contributed by atoms with van der Waals surface area (Å²) in [6, 6.07) is 4.35. The van der Waals surface area contributed by atoms with E-state index in [9.17, 15) is 9.90 Å². The van der Waals surface area contributed by atoms with E-state index in [4.69, 9.17) is 28.9 Å². The summed E-state index contributed by atoms with van der Waals surface area (Å²) in [6.07, 6.45) is 0.329. The van der Waals surface area contributed by atoms with Crippen molar-refractivity contribution >= 4 is 34.9 Å². The second kappa shape index (κ2) is 8.97. The number of anilines is 1. The van der Waals surface area contributed by atoms with E-state index in [1.165, 1.54) is 7.11 Å². The highest BCUT2D eigenvalue weighted by Crippen LogP contribution is 2.28. The van der Waals surface area contributed by atoms with Crippen LogP contribution in [0.1, 0.15) is 5.56 Å². The van der Waals surface area contributed by atoms with E-state index in [0.717, 1.165) is 5.56 Å². The molecule has 0 saturated carbocycles. The molecule has 0 aromatic heterocycles. The highest BCUT2D eigenvalue weighted by molar-refractivity contribution is 6.18. The zero-order chi connectivity index (χ0) is 15.8. The van der Waals surface area contributed by atoms with E-state index in [-0.39, 0.29) is 5.75 Å². The molecular formula is C14H20Cl2N2O3. The average Bonchev–Trinajstić information content (AvgIpc) is 2.48. The Morgan fingerprint density at radius 1 is 1.38 bits per heavy atom. The van der Waals surface area contributed by atoms with E-state index in [1.807, 2.05) is 4.90 Å². The van der Waals surface area contributed by atoms with Gasteiger partial charge < -0.3 is 20.5 Å². The van der Waals surface area contributed by atoms with Gasteiger partial charge in [-0.25, -0.2) is 0 Å². The summed E-state index contributed by atoms with van der Waals surface area (Å²) in [5.41, 5.74) is 7.21. The molecule has 0 spiro atoms. The van der Waals surface area contributed by atoms with E-state index < -0.39 is 12.0 Å². The first-order valence-corrected chi connectivity index (χ1v) is 7.62. The molecule has 0 aliphatic rings. The number of methoxy groups -OCH3 is 1. The number of phenols is 1. The van der Waals surface area contributed by atoms with Crippen molar-refractivity contribution in [2.45, 2.75) is 12.5 Å². The van der Waals surface area contributed by atoms with Gasteiger partial charge in [-0.15, -0.1) is 23.2 Å². The molecule has 1 atom stereocenters. The maximum Gasteiger partial charge on any atom is 0.322 e. The molecule has 5 nitrogen and oxygen atoms in total. The number of esters is 1. The van der Waals surface area contributed by atoms with Crippen molar-refractivity contribution in [2.24, 2.45) is 5.73 Å². The Kier molecular flexibility index (Phi) is 7.64. The number of halogens is 2. The lowest BCUT2D eigenvalue weighted by Crippen LogP contribution is -2.33. The monoisotopic (exact) mass is 334 g/mol. The van der Waals surface area contributed by atoms with Crippen molar-refractivity contribution in [2.75, 3.05) is 36.9 Å². The third-order valence-corrected chi connectivity index (χ3v) is 3.39. The molecule has 1 rings (SSSR count). The summed E-state index contributed by atoms with van der Waals surface area (Å²) < 4.78 is 4.60. The smallest absolute Gasteiger partial charge is 0.322 e. The van der Waals surface area contributed by atoms with Crippen molar-refractivity contribution in [3.8, 4) is 5.75 Å². The van der Waals surface area contributed by atoms with Crippen molar-refractivity contribution in [1.29, 1.82) is 0 Å². The Morgan fingerprint density at radius 2 is 2.00 bits per heavy atom. The van der Waals surface area contributed by atoms with Crippen molar-refractivity contribution < 1.29 is 14.6 Å². The summed E-state index contributed by atoms with van der Waals surface area (Å²) >= 11 is 11.5. The standard InChI is InChI=1S/C14H20Cl2N2O3/c1-21-14(20)11(17)8-10-2-3-13(19)12(9-10)18(6-4-15)7-5-16/h2-3,9,11,19H,4-8,17H2,1H3. The highest BCUT2D eigenvalue weighted by atomic mass is 35.5. The zero-order valence-corrected chi connectivity index (χ0v) is 13.4. The molecule has 118 valence electrons. The molecule has 0 aliphatic carbocycles. The first kappa shape index (κ1) is 17.9. The number of nitrogens with zero attached hydrogens (tertiary/aromatic N) is 1. The lowest BCUT2D eigenvalue weighted by atomic mass is 10.0. The van der Waals surface area contributed by atoms with Crippen LogP contribution in [0, 0.1) is 0 Å². The molecule has 21 heavy (non-hydrogen) atoms. The van der Waals surface area contributed by atoms with Crippen molar-refractivity contribution in [1.82, 2.24) is 0 Å². The van der Waals surface area contributed by atoms with Crippen LogP contribution < -0.4 is 10.6 Å². The average molecular weight is 335 g/mol. The first-order chi connectivity index (χ1) is 10.0. The van der Waals surface area contributed by atoms with Crippen LogP contribution in [0.4, 0.5) is 5.69 Å². The molecule has 0 bridgehead atoms. The van der Waals surface area contributed by atoms with E-state index in [0.29, 0.717) is 37.0 Å². The third kappa shape index (κ3) is 5.26. The summed E-state index contributed by atoms with van der Waals surface area (Å²) in [4.78, 5) is 13.3. The number of rotatable bonds is 8. The number of hydrogen-bond acceptors (Lipinski definition) is 5. The minimum Gasteiger partial charge on any atom is -0.506 e. The molecule has 0 aliphatic heterocycles. The summed E-state index contributed by atoms with van der Waals surface area (Å²) in [6.45, 7) is 1.13. The molecular weight excluding hydrogens is 315 g/mol. The van der Waals surface area contributed by atoms with E-state index in [2.05, 4.69) is 4.74 Å². The van der Waals surface area contributed by atoms with Gasteiger partial charge in [0.05, 0.1) is 12.8 Å². The SMILES string of the molecule is COC(=O)C(N)Cc1ccc(O)c(N(CCCl)CCCl)c1. The molecule has 0 fully saturated rings. The quantitative estimate of drug-likeness (QED) is 0.559. The minimum atomic E-state index is -0.734. The van der Waals surface area contributed by atoms with Crippen LogP contribution in [0.15, 0.2) is 18.2 Å². The second-order valence-corrected chi connectivity index (χ2v) is 5.28. The normalized spacial score (nSPS) is 12.0. The molecule has 3 N–H and O–H groups in total. The van der Waals surface area contributed by atoms with Gasteiger partial charge in [0.25, 0.3) is 0 Å². The fraction of sp³-hybridized carbons (Fsp3) is 0.500. The molecule has 0 saturated heterocycles. The Bertz CT molecular complexity index is 466. The number of hydrogen-bond donors (Lipinski definition) is 2. The Labute approximate surface area is 134 Å². The van der Waals surface area contributed by atoms with Gasteiger partial charge in [-0.2, -0.15) is 0 Å². The van der Waals surface area contributed by atoms with E-state index >= 15 is 0 Å². The lowest BCUT2D eigenvalue weighted by molar-refractivity contribution is -0.142. The Balaban J connectivity index is 2.94. The first-order valence-electron chi connectivity index (χ1n) is 6.55. The predicted molar refractivity (Wildman–Crippen MR) is 85.5 cm³/mol. The van der Waals surface area contributed by atoms with Gasteiger partial charge in [-0.05, 0) is 24.1 Å². The number of carbonyl (C=O) groups excluding carboxylic acids is 1. The number of alkyl halides is 2. The van der Waals surface area contributed by atoms with Crippen LogP contribution in [-0.2, 0) is 16.0 Å². The maximum absolute atomic E-state index is 11.4. The van der Waals surface area contributed by atoms with Gasteiger partial charge in [-0.3, -0.25) is 4.79 Å². The summed E-state index contributed by atoms with van der Waals surface area (Å²) in [5.74, 6) is 0.508. The van der Waals surface area contributed by atoms with Gasteiger partial charge in [-0.1, -0.05) is 6.07 Å². The van der Waals surface area contributed by atoms with Gasteiger partial charge in [0.1, 0.15) is 11.8 Å². The predicted octanol–water partition coefficient (Wildman–Crippen LogP) is 1.72. The maximum atomic E-state index is 11.4. The number of ether oxygens (including phenoxy) is 1. The fourth-order valence-electron chi connectivity index (χ4n) is 1.99. The van der Waals surface area contributed by atoms with Gasteiger partial charge >= 0.3 is 5.97 Å². The molecule has 7 heteroatoms. The van der Waals surface area contributed by atoms with Crippen LogP contribution in [0.5, 0.6) is 5.75 Å². The Hall–Kier alpha value is -1.17. The zero-order valence-electron chi connectivity index (χ0n) is 11.9. The van der Waals surface area contributed by atoms with Gasteiger partial charge in [0.2, 0.25) is 0 Å². The second-order valence-electron chi connectivity index (χ2n) is 4.52. The third-order valence-electron chi connectivity index (χ3n) is 3.05. The molecule has 1 aromatic rings. The molecule has 1 aromatic carbocycles. The fourth-order valence-corrected chi connectivity index (χ4v) is 2.40. The molecule has 1 unspecified atom stereocenters. The number of nitrogens with two attached hydrogens (primary N) is 1. The topological polar surface area (TPSA) is 75.8 Å². The minimum absolute atomic E-state index is 0.139. The van der Waals surface area contributed by atoms with E-state index in [1.54, 1.807) is 18.2 Å². The number of phenolic OH excluding ortho intramolecular Hbond substituents is 1.